The van der Waals surface area contributed by atoms with E-state index in [2.05, 4.69) is 20.3 Å². The number of halogens is 3. The Hall–Kier alpha value is -3.05. The summed E-state index contributed by atoms with van der Waals surface area (Å²) in [7, 11) is 3.08. The number of rotatable bonds is 8. The normalized spacial score (nSPS) is 13.8. The van der Waals surface area contributed by atoms with Crippen LogP contribution in [0.15, 0.2) is 30.6 Å². The average molecular weight is 451 g/mol. The van der Waals surface area contributed by atoms with Crippen molar-refractivity contribution >= 4 is 16.9 Å². The Kier molecular flexibility index (Phi) is 7.09. The molecule has 1 N–H and O–H groups in total. The number of benzene rings is 1. The van der Waals surface area contributed by atoms with Gasteiger partial charge in [-0.15, -0.1) is 0 Å². The smallest absolute Gasteiger partial charge is 0.382 e. The Morgan fingerprint density at radius 1 is 1.25 bits per heavy atom. The van der Waals surface area contributed by atoms with Crippen LogP contribution >= 0.6 is 0 Å². The molecule has 0 saturated heterocycles. The second-order valence-electron chi connectivity index (χ2n) is 7.17. The fourth-order valence-corrected chi connectivity index (χ4v) is 3.33. The third-order valence-electron chi connectivity index (χ3n) is 4.90. The van der Waals surface area contributed by atoms with E-state index < -0.39 is 29.8 Å². The number of aryl methyl sites for hydroxylation is 2. The summed E-state index contributed by atoms with van der Waals surface area (Å²) in [5.41, 5.74) is 0.592. The lowest BCUT2D eigenvalue weighted by atomic mass is 10.1. The quantitative estimate of drug-likeness (QED) is 0.566. The molecule has 1 amide bonds. The minimum absolute atomic E-state index is 0.0892. The summed E-state index contributed by atoms with van der Waals surface area (Å²) >= 11 is 0. The SMILES string of the molecule is CCOC(COC)C(NC(=O)c1cnc(C)cn1)c1nc2ccc(C(F)(F)F)cc2n1C. The highest BCUT2D eigenvalue weighted by molar-refractivity contribution is 5.92. The van der Waals surface area contributed by atoms with E-state index in [9.17, 15) is 18.0 Å². The van der Waals surface area contributed by atoms with Crippen LogP contribution in [-0.2, 0) is 22.7 Å². The van der Waals surface area contributed by atoms with Gasteiger partial charge in [-0.1, -0.05) is 0 Å². The van der Waals surface area contributed by atoms with Gasteiger partial charge in [-0.05, 0) is 32.0 Å². The number of hydrogen-bond donors (Lipinski definition) is 1. The first-order valence-electron chi connectivity index (χ1n) is 9.89. The lowest BCUT2D eigenvalue weighted by Gasteiger charge is -2.27. The summed E-state index contributed by atoms with van der Waals surface area (Å²) in [5, 5.41) is 2.83. The second-order valence-corrected chi connectivity index (χ2v) is 7.17. The first-order chi connectivity index (χ1) is 15.2. The molecule has 2 atom stereocenters. The van der Waals surface area contributed by atoms with E-state index in [-0.39, 0.29) is 17.8 Å². The Labute approximate surface area is 182 Å². The van der Waals surface area contributed by atoms with Gasteiger partial charge in [0.2, 0.25) is 0 Å². The van der Waals surface area contributed by atoms with Crippen molar-refractivity contribution in [2.24, 2.45) is 7.05 Å². The lowest BCUT2D eigenvalue weighted by Crippen LogP contribution is -2.41. The van der Waals surface area contributed by atoms with E-state index in [1.54, 1.807) is 20.9 Å². The maximum Gasteiger partial charge on any atom is 0.416 e. The molecule has 0 saturated carbocycles. The summed E-state index contributed by atoms with van der Waals surface area (Å²) in [6, 6.07) is 2.49. The zero-order valence-electron chi connectivity index (χ0n) is 18.1. The van der Waals surface area contributed by atoms with Crippen LogP contribution in [0.2, 0.25) is 0 Å². The molecule has 0 spiro atoms. The van der Waals surface area contributed by atoms with E-state index in [1.165, 1.54) is 30.1 Å². The first-order valence-corrected chi connectivity index (χ1v) is 9.89. The zero-order valence-corrected chi connectivity index (χ0v) is 18.1. The summed E-state index contributed by atoms with van der Waals surface area (Å²) < 4.78 is 52.1. The number of nitrogens with zero attached hydrogens (tertiary/aromatic N) is 4. The number of aromatic nitrogens is 4. The molecule has 2 heterocycles. The maximum absolute atomic E-state index is 13.2. The van der Waals surface area contributed by atoms with Gasteiger partial charge in [0.15, 0.2) is 0 Å². The molecule has 2 unspecified atom stereocenters. The molecule has 3 rings (SSSR count). The van der Waals surface area contributed by atoms with Gasteiger partial charge >= 0.3 is 6.18 Å². The fourth-order valence-electron chi connectivity index (χ4n) is 3.33. The third-order valence-corrected chi connectivity index (χ3v) is 4.90. The van der Waals surface area contributed by atoms with Crippen LogP contribution in [0, 0.1) is 6.92 Å². The van der Waals surface area contributed by atoms with Crippen LogP contribution < -0.4 is 5.32 Å². The van der Waals surface area contributed by atoms with Crippen molar-refractivity contribution in [1.29, 1.82) is 0 Å². The zero-order chi connectivity index (χ0) is 23.5. The van der Waals surface area contributed by atoms with E-state index >= 15 is 0 Å². The van der Waals surface area contributed by atoms with Crippen LogP contribution in [0.4, 0.5) is 13.2 Å². The summed E-state index contributed by atoms with van der Waals surface area (Å²) in [5.74, 6) is -0.199. The van der Waals surface area contributed by atoms with Crippen LogP contribution in [0.25, 0.3) is 11.0 Å². The molecule has 172 valence electrons. The number of carbonyl (C=O) groups excluding carboxylic acids is 1. The number of ether oxygens (including phenoxy) is 2. The molecule has 1 aromatic carbocycles. The number of carbonyl (C=O) groups is 1. The second kappa shape index (κ2) is 9.61. The number of hydrogen-bond acceptors (Lipinski definition) is 6. The van der Waals surface area contributed by atoms with Crippen LogP contribution in [-0.4, -0.2) is 51.9 Å². The van der Waals surface area contributed by atoms with E-state index in [4.69, 9.17) is 9.47 Å². The lowest BCUT2D eigenvalue weighted by molar-refractivity contribution is -0.137. The minimum atomic E-state index is -4.49. The van der Waals surface area contributed by atoms with Crippen molar-refractivity contribution in [3.8, 4) is 0 Å². The molecule has 0 aliphatic rings. The van der Waals surface area contributed by atoms with E-state index in [0.717, 1.165) is 12.1 Å². The monoisotopic (exact) mass is 451 g/mol. The van der Waals surface area contributed by atoms with Gasteiger partial charge in [0, 0.05) is 27.0 Å². The fraction of sp³-hybridized carbons (Fsp3) is 0.429. The minimum Gasteiger partial charge on any atom is -0.382 e. The van der Waals surface area contributed by atoms with Gasteiger partial charge in [-0.2, -0.15) is 13.2 Å². The number of alkyl halides is 3. The molecule has 8 nitrogen and oxygen atoms in total. The molecule has 0 radical (unpaired) electrons. The highest BCUT2D eigenvalue weighted by Gasteiger charge is 2.33. The molecule has 0 aliphatic carbocycles. The van der Waals surface area contributed by atoms with Gasteiger partial charge < -0.3 is 19.4 Å². The van der Waals surface area contributed by atoms with Gasteiger partial charge in [-0.3, -0.25) is 9.78 Å². The average Bonchev–Trinajstić information content (AvgIpc) is 3.07. The molecule has 0 aliphatic heterocycles. The number of amides is 1. The van der Waals surface area contributed by atoms with Crippen molar-refractivity contribution in [3.05, 3.63) is 53.4 Å². The summed E-state index contributed by atoms with van der Waals surface area (Å²) in [4.78, 5) is 25.5. The highest BCUT2D eigenvalue weighted by atomic mass is 19.4. The summed E-state index contributed by atoms with van der Waals surface area (Å²) in [6.07, 6.45) is -2.32. The largest absolute Gasteiger partial charge is 0.416 e. The Morgan fingerprint density at radius 3 is 2.59 bits per heavy atom. The van der Waals surface area contributed by atoms with Gasteiger partial charge in [0.05, 0.1) is 35.1 Å². The van der Waals surface area contributed by atoms with Crippen molar-refractivity contribution in [2.75, 3.05) is 20.3 Å². The number of imidazole rings is 1. The van der Waals surface area contributed by atoms with Crippen LogP contribution in [0.1, 0.15) is 40.5 Å². The maximum atomic E-state index is 13.2. The predicted octanol–water partition coefficient (Wildman–Crippen LogP) is 3.21. The molecule has 0 fully saturated rings. The van der Waals surface area contributed by atoms with E-state index in [0.29, 0.717) is 23.6 Å². The number of nitrogens with one attached hydrogen (secondary N) is 1. The van der Waals surface area contributed by atoms with Crippen molar-refractivity contribution < 1.29 is 27.4 Å². The molecule has 11 heteroatoms. The molecule has 2 aromatic heterocycles. The standard InChI is InChI=1S/C21H24F3N5O3/c1-5-32-17(11-31-4)18(28-20(30)15-10-25-12(2)9-26-15)19-27-14-7-6-13(21(22,23)24)8-16(14)29(19)3/h6-10,17-18H,5,11H2,1-4H3,(H,28,30). The van der Waals surface area contributed by atoms with Crippen molar-refractivity contribution in [1.82, 2.24) is 24.8 Å². The Balaban J connectivity index is 2.05. The molecule has 32 heavy (non-hydrogen) atoms. The molecular weight excluding hydrogens is 427 g/mol. The predicted molar refractivity (Wildman–Crippen MR) is 110 cm³/mol. The van der Waals surface area contributed by atoms with Crippen molar-refractivity contribution in [3.63, 3.8) is 0 Å². The topological polar surface area (TPSA) is 91.2 Å². The number of methoxy groups -OCH3 is 1. The molecule has 0 bridgehead atoms. The Bertz CT molecular complexity index is 1080. The summed E-state index contributed by atoms with van der Waals surface area (Å²) in [6.45, 7) is 3.98. The van der Waals surface area contributed by atoms with Gasteiger partial charge in [-0.25, -0.2) is 9.97 Å². The van der Waals surface area contributed by atoms with E-state index in [1.807, 2.05) is 0 Å². The number of fused-ring (bicyclic) bond motifs is 1. The molecule has 3 aromatic rings. The highest BCUT2D eigenvalue weighted by Crippen LogP contribution is 2.32. The Morgan fingerprint density at radius 2 is 2.00 bits per heavy atom. The van der Waals surface area contributed by atoms with Crippen LogP contribution in [0.3, 0.4) is 0 Å². The third kappa shape index (κ3) is 5.05. The van der Waals surface area contributed by atoms with Gasteiger partial charge in [0.25, 0.3) is 5.91 Å². The first kappa shape index (κ1) is 23.6. The van der Waals surface area contributed by atoms with Crippen molar-refractivity contribution in [2.45, 2.75) is 32.2 Å². The van der Waals surface area contributed by atoms with Gasteiger partial charge in [0.1, 0.15) is 23.7 Å². The van der Waals surface area contributed by atoms with Crippen LogP contribution in [0.5, 0.6) is 0 Å². The molecular formula is C21H24F3N5O3.